The van der Waals surface area contributed by atoms with E-state index >= 15 is 0 Å². The average Bonchev–Trinajstić information content (AvgIpc) is 2.33. The maximum absolute atomic E-state index is 5.28. The fraction of sp³-hybridized carbons (Fsp3) is 1.00. The van der Waals surface area contributed by atoms with Crippen LogP contribution in [0.3, 0.4) is 0 Å². The zero-order valence-electron chi connectivity index (χ0n) is 6.09. The van der Waals surface area contributed by atoms with Crippen molar-refractivity contribution in [3.8, 4) is 0 Å². The van der Waals surface area contributed by atoms with Gasteiger partial charge in [0.15, 0.2) is 0 Å². The van der Waals surface area contributed by atoms with Crippen molar-refractivity contribution < 1.29 is 4.74 Å². The minimum absolute atomic E-state index is 0.495. The van der Waals surface area contributed by atoms with Crippen LogP contribution >= 0.6 is 11.8 Å². The van der Waals surface area contributed by atoms with E-state index in [4.69, 9.17) is 4.74 Å². The molecule has 0 aromatic heterocycles. The SMILES string of the molecule is CCC1CCSC1OC. The van der Waals surface area contributed by atoms with Crippen molar-refractivity contribution in [2.45, 2.75) is 25.2 Å². The third-order valence-electron chi connectivity index (χ3n) is 1.91. The molecule has 0 amide bonds. The lowest BCUT2D eigenvalue weighted by Gasteiger charge is -2.13. The summed E-state index contributed by atoms with van der Waals surface area (Å²) >= 11 is 1.95. The summed E-state index contributed by atoms with van der Waals surface area (Å²) in [5, 5.41) is 0. The molecular weight excluding hydrogens is 132 g/mol. The molecule has 2 heteroatoms. The van der Waals surface area contributed by atoms with Gasteiger partial charge in [0.2, 0.25) is 0 Å². The van der Waals surface area contributed by atoms with Crippen molar-refractivity contribution in [2.24, 2.45) is 5.92 Å². The van der Waals surface area contributed by atoms with Gasteiger partial charge in [0, 0.05) is 7.11 Å². The highest BCUT2D eigenvalue weighted by molar-refractivity contribution is 8.00. The van der Waals surface area contributed by atoms with Gasteiger partial charge in [-0.15, -0.1) is 11.8 Å². The Hall–Kier alpha value is 0.310. The van der Waals surface area contributed by atoms with Gasteiger partial charge in [0.05, 0.1) is 0 Å². The van der Waals surface area contributed by atoms with Crippen LogP contribution in [-0.2, 0) is 4.74 Å². The monoisotopic (exact) mass is 146 g/mol. The fourth-order valence-electron chi connectivity index (χ4n) is 1.26. The molecule has 1 aliphatic heterocycles. The second-order valence-electron chi connectivity index (χ2n) is 2.43. The van der Waals surface area contributed by atoms with Crippen LogP contribution in [0.5, 0.6) is 0 Å². The van der Waals surface area contributed by atoms with Crippen LogP contribution < -0.4 is 0 Å². The molecule has 0 radical (unpaired) electrons. The first kappa shape index (κ1) is 7.42. The highest BCUT2D eigenvalue weighted by Gasteiger charge is 2.25. The summed E-state index contributed by atoms with van der Waals surface area (Å²) in [5.41, 5.74) is 0.495. The standard InChI is InChI=1S/C7H14OS/c1-3-6-4-5-9-7(6)8-2/h6-7H,3-5H2,1-2H3. The first-order chi connectivity index (χ1) is 4.38. The molecule has 1 nitrogen and oxygen atoms in total. The van der Waals surface area contributed by atoms with Gasteiger partial charge in [-0.3, -0.25) is 0 Å². The van der Waals surface area contributed by atoms with Gasteiger partial charge in [-0.25, -0.2) is 0 Å². The van der Waals surface area contributed by atoms with E-state index in [1.807, 2.05) is 18.9 Å². The minimum atomic E-state index is 0.495. The Bertz CT molecular complexity index is 75.0. The van der Waals surface area contributed by atoms with E-state index in [0.717, 1.165) is 5.92 Å². The Morgan fingerprint density at radius 2 is 2.44 bits per heavy atom. The van der Waals surface area contributed by atoms with Crippen molar-refractivity contribution in [2.75, 3.05) is 12.9 Å². The van der Waals surface area contributed by atoms with Gasteiger partial charge in [-0.1, -0.05) is 6.92 Å². The number of rotatable bonds is 2. The predicted octanol–water partition coefficient (Wildman–Crippen LogP) is 2.12. The zero-order valence-corrected chi connectivity index (χ0v) is 6.91. The van der Waals surface area contributed by atoms with Crippen molar-refractivity contribution in [1.29, 1.82) is 0 Å². The normalized spacial score (nSPS) is 35.3. The highest BCUT2D eigenvalue weighted by atomic mass is 32.2. The summed E-state index contributed by atoms with van der Waals surface area (Å²) in [7, 11) is 1.81. The van der Waals surface area contributed by atoms with Gasteiger partial charge in [-0.2, -0.15) is 0 Å². The van der Waals surface area contributed by atoms with Crippen molar-refractivity contribution >= 4 is 11.8 Å². The predicted molar refractivity (Wildman–Crippen MR) is 41.7 cm³/mol. The maximum Gasteiger partial charge on any atom is 0.105 e. The van der Waals surface area contributed by atoms with Crippen LogP contribution in [0.15, 0.2) is 0 Å². The van der Waals surface area contributed by atoms with E-state index in [-0.39, 0.29) is 0 Å². The Labute approximate surface area is 61.2 Å². The molecule has 1 heterocycles. The molecule has 1 saturated heterocycles. The second-order valence-corrected chi connectivity index (χ2v) is 3.64. The molecule has 54 valence electrons. The van der Waals surface area contributed by atoms with Crippen LogP contribution in [0.4, 0.5) is 0 Å². The Balaban J connectivity index is 2.32. The van der Waals surface area contributed by atoms with E-state index in [0.29, 0.717) is 5.44 Å². The van der Waals surface area contributed by atoms with Gasteiger partial charge in [0.25, 0.3) is 0 Å². The highest BCUT2D eigenvalue weighted by Crippen LogP contribution is 2.34. The number of ether oxygens (including phenoxy) is 1. The lowest BCUT2D eigenvalue weighted by molar-refractivity contribution is 0.127. The molecule has 2 atom stereocenters. The van der Waals surface area contributed by atoms with Crippen molar-refractivity contribution in [3.63, 3.8) is 0 Å². The molecule has 1 rings (SSSR count). The summed E-state index contributed by atoms with van der Waals surface area (Å²) in [6.45, 7) is 2.24. The van der Waals surface area contributed by atoms with E-state index in [1.165, 1.54) is 18.6 Å². The van der Waals surface area contributed by atoms with Crippen LogP contribution in [0.1, 0.15) is 19.8 Å². The second kappa shape index (κ2) is 3.47. The Kier molecular flexibility index (Phi) is 2.86. The third-order valence-corrected chi connectivity index (χ3v) is 3.29. The first-order valence-corrected chi connectivity index (χ1v) is 4.57. The third kappa shape index (κ3) is 1.62. The van der Waals surface area contributed by atoms with Gasteiger partial charge >= 0.3 is 0 Å². The van der Waals surface area contributed by atoms with E-state index in [9.17, 15) is 0 Å². The van der Waals surface area contributed by atoms with Crippen LogP contribution in [0, 0.1) is 5.92 Å². The summed E-state index contributed by atoms with van der Waals surface area (Å²) in [5.74, 6) is 2.11. The lowest BCUT2D eigenvalue weighted by Crippen LogP contribution is -2.11. The van der Waals surface area contributed by atoms with E-state index in [1.54, 1.807) is 0 Å². The van der Waals surface area contributed by atoms with Crippen LogP contribution in [0.2, 0.25) is 0 Å². The molecule has 0 spiro atoms. The van der Waals surface area contributed by atoms with Gasteiger partial charge in [-0.05, 0) is 24.5 Å². The van der Waals surface area contributed by atoms with Gasteiger partial charge in [0.1, 0.15) is 5.44 Å². The summed E-state index contributed by atoms with van der Waals surface area (Å²) < 4.78 is 5.28. The molecule has 0 bridgehead atoms. The summed E-state index contributed by atoms with van der Waals surface area (Å²) in [6, 6.07) is 0. The molecule has 0 saturated carbocycles. The van der Waals surface area contributed by atoms with E-state index < -0.39 is 0 Å². The fourth-order valence-corrected chi connectivity index (χ4v) is 2.67. The minimum Gasteiger partial charge on any atom is -0.371 e. The molecule has 0 aliphatic carbocycles. The van der Waals surface area contributed by atoms with Crippen LogP contribution in [-0.4, -0.2) is 18.3 Å². The topological polar surface area (TPSA) is 9.23 Å². The lowest BCUT2D eigenvalue weighted by atomic mass is 10.1. The van der Waals surface area contributed by atoms with Crippen molar-refractivity contribution in [1.82, 2.24) is 0 Å². The van der Waals surface area contributed by atoms with Crippen molar-refractivity contribution in [3.05, 3.63) is 0 Å². The summed E-state index contributed by atoms with van der Waals surface area (Å²) in [4.78, 5) is 0. The number of hydrogen-bond donors (Lipinski definition) is 0. The Morgan fingerprint density at radius 1 is 1.67 bits per heavy atom. The molecule has 0 aromatic carbocycles. The number of thioether (sulfide) groups is 1. The largest absolute Gasteiger partial charge is 0.371 e. The molecule has 2 unspecified atom stereocenters. The first-order valence-electron chi connectivity index (χ1n) is 3.53. The number of methoxy groups -OCH3 is 1. The molecule has 0 N–H and O–H groups in total. The zero-order chi connectivity index (χ0) is 6.69. The quantitative estimate of drug-likeness (QED) is 0.590. The molecule has 9 heavy (non-hydrogen) atoms. The average molecular weight is 146 g/mol. The summed E-state index contributed by atoms with van der Waals surface area (Å²) in [6.07, 6.45) is 2.62. The van der Waals surface area contributed by atoms with E-state index in [2.05, 4.69) is 6.92 Å². The van der Waals surface area contributed by atoms with Crippen LogP contribution in [0.25, 0.3) is 0 Å². The maximum atomic E-state index is 5.28. The number of hydrogen-bond acceptors (Lipinski definition) is 2. The smallest absolute Gasteiger partial charge is 0.105 e. The molecule has 1 aliphatic rings. The molecule has 1 fully saturated rings. The van der Waals surface area contributed by atoms with Gasteiger partial charge < -0.3 is 4.74 Å². The molecule has 0 aromatic rings. The molecular formula is C7H14OS. The Morgan fingerprint density at radius 3 is 2.89 bits per heavy atom.